The van der Waals surface area contributed by atoms with E-state index in [1.54, 1.807) is 17.4 Å². The Morgan fingerprint density at radius 2 is 2.33 bits per heavy atom. The molecule has 0 aliphatic carbocycles. The third kappa shape index (κ3) is 2.79. The highest BCUT2D eigenvalue weighted by molar-refractivity contribution is 7.09. The lowest BCUT2D eigenvalue weighted by atomic mass is 9.98. The number of hydrogen-bond donors (Lipinski definition) is 0. The summed E-state index contributed by atoms with van der Waals surface area (Å²) in [5, 5.41) is 3.15. The summed E-state index contributed by atoms with van der Waals surface area (Å²) in [4.78, 5) is 19.3. The molecule has 4 nitrogen and oxygen atoms in total. The van der Waals surface area contributed by atoms with Crippen LogP contribution in [0.15, 0.2) is 23.6 Å². The molecule has 24 heavy (non-hydrogen) atoms. The lowest BCUT2D eigenvalue weighted by molar-refractivity contribution is -0.139. The van der Waals surface area contributed by atoms with Crippen molar-refractivity contribution in [3.05, 3.63) is 45.7 Å². The number of amides is 1. The lowest BCUT2D eigenvalue weighted by Gasteiger charge is -2.33. The van der Waals surface area contributed by atoms with Crippen LogP contribution in [0, 0.1) is 12.7 Å². The zero-order valence-corrected chi connectivity index (χ0v) is 14.3. The molecule has 2 aliphatic rings. The average Bonchev–Trinajstić information content (AvgIpc) is 3.21. The fraction of sp³-hybridized carbons (Fsp3) is 0.444. The Morgan fingerprint density at radius 3 is 3.08 bits per heavy atom. The highest BCUT2D eigenvalue weighted by Crippen LogP contribution is 2.34. The van der Waals surface area contributed by atoms with Crippen molar-refractivity contribution >= 4 is 17.2 Å². The van der Waals surface area contributed by atoms with E-state index in [-0.39, 0.29) is 11.7 Å². The molecule has 0 bridgehead atoms. The number of aryl methyl sites for hydroxylation is 1. The van der Waals surface area contributed by atoms with Crippen LogP contribution in [-0.4, -0.2) is 35.0 Å². The summed E-state index contributed by atoms with van der Waals surface area (Å²) in [5.41, 5.74) is 1.81. The molecule has 1 aromatic carbocycles. The van der Waals surface area contributed by atoms with Gasteiger partial charge in [0.15, 0.2) is 17.7 Å². The van der Waals surface area contributed by atoms with Gasteiger partial charge in [-0.15, -0.1) is 11.3 Å². The number of thiazole rings is 1. The van der Waals surface area contributed by atoms with E-state index >= 15 is 0 Å². The first-order valence-electron chi connectivity index (χ1n) is 8.26. The molecule has 2 aromatic rings. The molecule has 4 rings (SSSR count). The van der Waals surface area contributed by atoms with Crippen molar-refractivity contribution in [1.29, 1.82) is 0 Å². The first kappa shape index (κ1) is 15.6. The summed E-state index contributed by atoms with van der Waals surface area (Å²) in [5.74, 6) is 0.100. The predicted octanol–water partition coefficient (Wildman–Crippen LogP) is 3.30. The second kappa shape index (κ2) is 6.16. The Bertz CT molecular complexity index is 776. The molecule has 1 fully saturated rings. The highest BCUT2D eigenvalue weighted by atomic mass is 32.1. The van der Waals surface area contributed by atoms with E-state index in [0.29, 0.717) is 18.9 Å². The SMILES string of the molecule is Cc1csc([C@H]2CCCN(C(=O)[C@H]3Cc4cccc(F)c4O3)C2)n1. The van der Waals surface area contributed by atoms with Crippen LogP contribution in [0.3, 0.4) is 0 Å². The minimum atomic E-state index is -0.603. The van der Waals surface area contributed by atoms with Gasteiger partial charge in [-0.2, -0.15) is 0 Å². The van der Waals surface area contributed by atoms with E-state index in [4.69, 9.17) is 4.74 Å². The molecule has 0 unspecified atom stereocenters. The normalized spacial score (nSPS) is 23.0. The Kier molecular flexibility index (Phi) is 4.00. The summed E-state index contributed by atoms with van der Waals surface area (Å²) in [7, 11) is 0. The third-order valence-corrected chi connectivity index (χ3v) is 5.83. The Hall–Kier alpha value is -1.95. The van der Waals surface area contributed by atoms with E-state index < -0.39 is 11.9 Å². The number of fused-ring (bicyclic) bond motifs is 1. The number of piperidine rings is 1. The van der Waals surface area contributed by atoms with Crippen molar-refractivity contribution in [3.63, 3.8) is 0 Å². The smallest absolute Gasteiger partial charge is 0.264 e. The largest absolute Gasteiger partial charge is 0.477 e. The van der Waals surface area contributed by atoms with Gasteiger partial charge < -0.3 is 9.64 Å². The number of rotatable bonds is 2. The third-order valence-electron chi connectivity index (χ3n) is 4.71. The van der Waals surface area contributed by atoms with Crippen LogP contribution < -0.4 is 4.74 Å². The van der Waals surface area contributed by atoms with Crippen molar-refractivity contribution in [1.82, 2.24) is 9.88 Å². The molecule has 126 valence electrons. The molecular weight excluding hydrogens is 327 g/mol. The van der Waals surface area contributed by atoms with Crippen molar-refractivity contribution in [2.45, 2.75) is 38.2 Å². The average molecular weight is 346 g/mol. The number of nitrogens with zero attached hydrogens (tertiary/aromatic N) is 2. The summed E-state index contributed by atoms with van der Waals surface area (Å²) in [6, 6.07) is 4.85. The van der Waals surface area contributed by atoms with E-state index in [2.05, 4.69) is 10.4 Å². The van der Waals surface area contributed by atoms with Gasteiger partial charge in [-0.3, -0.25) is 4.79 Å². The second-order valence-electron chi connectivity index (χ2n) is 6.49. The van der Waals surface area contributed by atoms with Crippen molar-refractivity contribution < 1.29 is 13.9 Å². The molecule has 0 N–H and O–H groups in total. The van der Waals surface area contributed by atoms with Crippen molar-refractivity contribution in [2.75, 3.05) is 13.1 Å². The van der Waals surface area contributed by atoms with Gasteiger partial charge in [-0.05, 0) is 25.8 Å². The van der Waals surface area contributed by atoms with E-state index in [0.717, 1.165) is 35.7 Å². The topological polar surface area (TPSA) is 42.4 Å². The zero-order chi connectivity index (χ0) is 16.7. The fourth-order valence-electron chi connectivity index (χ4n) is 3.51. The number of benzene rings is 1. The van der Waals surface area contributed by atoms with Crippen molar-refractivity contribution in [3.8, 4) is 5.75 Å². The van der Waals surface area contributed by atoms with Crippen LogP contribution in [-0.2, 0) is 11.2 Å². The van der Waals surface area contributed by atoms with Crippen molar-refractivity contribution in [2.24, 2.45) is 0 Å². The molecule has 2 atom stereocenters. The van der Waals surface area contributed by atoms with Gasteiger partial charge in [-0.25, -0.2) is 9.37 Å². The number of aromatic nitrogens is 1. The summed E-state index contributed by atoms with van der Waals surface area (Å²) in [6.45, 7) is 3.40. The maximum atomic E-state index is 13.8. The van der Waals surface area contributed by atoms with E-state index in [9.17, 15) is 9.18 Å². The van der Waals surface area contributed by atoms with Gasteiger partial charge in [0, 0.05) is 42.1 Å². The fourth-order valence-corrected chi connectivity index (χ4v) is 4.44. The number of carbonyl (C=O) groups excluding carboxylic acids is 1. The van der Waals surface area contributed by atoms with Crippen LogP contribution in [0.4, 0.5) is 4.39 Å². The van der Waals surface area contributed by atoms with Gasteiger partial charge in [0.2, 0.25) is 0 Å². The highest BCUT2D eigenvalue weighted by Gasteiger charge is 2.36. The predicted molar refractivity (Wildman–Crippen MR) is 89.9 cm³/mol. The van der Waals surface area contributed by atoms with Crippen LogP contribution >= 0.6 is 11.3 Å². The standard InChI is InChI=1S/C18H19FN2O2S/c1-11-10-24-17(20-11)13-5-3-7-21(9-13)18(22)15-8-12-4-2-6-14(19)16(12)23-15/h2,4,6,10,13,15H,3,5,7-9H2,1H3/t13-,15+/m0/s1. The van der Waals surface area contributed by atoms with Gasteiger partial charge in [0.25, 0.3) is 5.91 Å². The molecule has 1 amide bonds. The van der Waals surface area contributed by atoms with Gasteiger partial charge >= 0.3 is 0 Å². The summed E-state index contributed by atoms with van der Waals surface area (Å²) < 4.78 is 19.4. The van der Waals surface area contributed by atoms with Gasteiger partial charge in [0.05, 0.1) is 5.01 Å². The van der Waals surface area contributed by atoms with Crippen LogP contribution in [0.2, 0.25) is 0 Å². The molecule has 0 saturated carbocycles. The monoisotopic (exact) mass is 346 g/mol. The Labute approximate surface area is 144 Å². The summed E-state index contributed by atoms with van der Waals surface area (Å²) >= 11 is 1.66. The van der Waals surface area contributed by atoms with Gasteiger partial charge in [-0.1, -0.05) is 12.1 Å². The number of para-hydroxylation sites is 1. The minimum Gasteiger partial charge on any atom is -0.477 e. The molecule has 0 radical (unpaired) electrons. The van der Waals surface area contributed by atoms with E-state index in [1.807, 2.05) is 17.9 Å². The summed E-state index contributed by atoms with van der Waals surface area (Å²) in [6.07, 6.45) is 1.86. The van der Waals surface area contributed by atoms with Crippen LogP contribution in [0.1, 0.15) is 35.0 Å². The maximum Gasteiger partial charge on any atom is 0.264 e. The molecule has 2 aliphatic heterocycles. The molecule has 6 heteroatoms. The lowest BCUT2D eigenvalue weighted by Crippen LogP contribution is -2.45. The number of carbonyl (C=O) groups is 1. The van der Waals surface area contributed by atoms with Gasteiger partial charge in [0.1, 0.15) is 0 Å². The Balaban J connectivity index is 1.46. The first-order chi connectivity index (χ1) is 11.6. The quantitative estimate of drug-likeness (QED) is 0.838. The van der Waals surface area contributed by atoms with E-state index in [1.165, 1.54) is 6.07 Å². The molecule has 3 heterocycles. The minimum absolute atomic E-state index is 0.0384. The number of ether oxygens (including phenoxy) is 1. The van der Waals surface area contributed by atoms with Crippen LogP contribution in [0.25, 0.3) is 0 Å². The maximum absolute atomic E-state index is 13.8. The first-order valence-corrected chi connectivity index (χ1v) is 9.14. The second-order valence-corrected chi connectivity index (χ2v) is 7.38. The number of halogens is 1. The molecular formula is C18H19FN2O2S. The molecule has 1 saturated heterocycles. The number of likely N-dealkylation sites (tertiary alicyclic amines) is 1. The number of hydrogen-bond acceptors (Lipinski definition) is 4. The molecule has 0 spiro atoms. The molecule has 1 aromatic heterocycles. The zero-order valence-electron chi connectivity index (χ0n) is 13.5. The Morgan fingerprint density at radius 1 is 1.46 bits per heavy atom. The van der Waals surface area contributed by atoms with Crippen LogP contribution in [0.5, 0.6) is 5.75 Å².